The van der Waals surface area contributed by atoms with E-state index in [-0.39, 0.29) is 35.6 Å². The Morgan fingerprint density at radius 2 is 1.90 bits per heavy atom. The van der Waals surface area contributed by atoms with E-state index in [1.165, 1.54) is 16.8 Å². The molecule has 9 nitrogen and oxygen atoms in total. The van der Waals surface area contributed by atoms with Crippen molar-refractivity contribution in [1.82, 2.24) is 24.9 Å². The van der Waals surface area contributed by atoms with E-state index >= 15 is 0 Å². The third-order valence-corrected chi connectivity index (χ3v) is 7.93. The molecule has 0 spiro atoms. The molecule has 2 aliphatic rings. The number of nitrogens with zero attached hydrogens (tertiary/aromatic N) is 5. The van der Waals surface area contributed by atoms with Crippen molar-refractivity contribution in [2.75, 3.05) is 7.05 Å². The minimum absolute atomic E-state index is 0.00980. The van der Waals surface area contributed by atoms with Gasteiger partial charge in [0.15, 0.2) is 11.4 Å². The van der Waals surface area contributed by atoms with E-state index in [4.69, 9.17) is 9.47 Å². The summed E-state index contributed by atoms with van der Waals surface area (Å²) in [6, 6.07) is 2.98. The van der Waals surface area contributed by atoms with E-state index in [0.29, 0.717) is 49.5 Å². The smallest absolute Gasteiger partial charge is 0.437 e. The number of pyridine rings is 1. The Morgan fingerprint density at radius 1 is 1.17 bits per heavy atom. The van der Waals surface area contributed by atoms with Gasteiger partial charge in [0.25, 0.3) is 0 Å². The number of aromatic nitrogens is 4. The van der Waals surface area contributed by atoms with Gasteiger partial charge in [-0.3, -0.25) is 9.48 Å². The molecule has 4 rings (SSSR count). The lowest BCUT2D eigenvalue weighted by atomic mass is 9.87. The zero-order valence-electron chi connectivity index (χ0n) is 24.0. The molecule has 2 aromatic rings. The summed E-state index contributed by atoms with van der Waals surface area (Å²) in [7, 11) is 3.54. The molecule has 2 aliphatic carbocycles. The van der Waals surface area contributed by atoms with Gasteiger partial charge in [-0.05, 0) is 70.9 Å². The first-order valence-corrected chi connectivity index (χ1v) is 14.3. The van der Waals surface area contributed by atoms with Crippen molar-refractivity contribution in [1.29, 1.82) is 0 Å². The predicted octanol–water partition coefficient (Wildman–Crippen LogP) is 5.31. The second-order valence-electron chi connectivity index (χ2n) is 11.2. The minimum atomic E-state index is -4.78. The first-order valence-electron chi connectivity index (χ1n) is 14.3. The van der Waals surface area contributed by atoms with E-state index < -0.39 is 23.9 Å². The molecule has 0 radical (unpaired) electrons. The maximum atomic E-state index is 14.2. The third kappa shape index (κ3) is 7.47. The van der Waals surface area contributed by atoms with Crippen LogP contribution < -0.4 is 4.74 Å². The highest BCUT2D eigenvalue weighted by Gasteiger charge is 2.39. The molecule has 0 aromatic carbocycles. The van der Waals surface area contributed by atoms with E-state index in [9.17, 15) is 22.8 Å². The first kappa shape index (κ1) is 30.6. The van der Waals surface area contributed by atoms with Crippen molar-refractivity contribution in [3.63, 3.8) is 0 Å². The average molecular weight is 578 g/mol. The highest BCUT2D eigenvalue weighted by molar-refractivity contribution is 5.72. The standard InChI is InChI=1S/C29H38F3N5O4/c1-18(2)40-28(39)19-8-7-11-22(16-19)41-25-15-13-23(33-27(25)29(30,31)32)26-24(37(4)35-34-26)14-12-21(17-38)36(3)20-9-5-6-10-20/h13,15,18-20,22H,5-12,14,16H2,1-4H3/t19-,22-/m0/s1. The highest BCUT2D eigenvalue weighted by atomic mass is 19.4. The van der Waals surface area contributed by atoms with Crippen LogP contribution in [0.4, 0.5) is 13.2 Å². The number of ether oxygens (including phenoxy) is 2. The molecule has 0 N–H and O–H groups in total. The summed E-state index contributed by atoms with van der Waals surface area (Å²) in [5, 5.41) is 8.12. The van der Waals surface area contributed by atoms with E-state index in [1.807, 2.05) is 17.9 Å². The molecule has 2 aromatic heterocycles. The van der Waals surface area contributed by atoms with E-state index in [2.05, 4.69) is 15.3 Å². The van der Waals surface area contributed by atoms with Crippen molar-refractivity contribution in [2.24, 2.45) is 13.0 Å². The number of hydrogen-bond acceptors (Lipinski definition) is 8. The zero-order chi connectivity index (χ0) is 29.7. The molecule has 0 aliphatic heterocycles. The predicted molar refractivity (Wildman–Crippen MR) is 144 cm³/mol. The van der Waals surface area contributed by atoms with Gasteiger partial charge in [0.05, 0.1) is 35.2 Å². The van der Waals surface area contributed by atoms with Crippen molar-refractivity contribution in [3.05, 3.63) is 29.2 Å². The third-order valence-electron chi connectivity index (χ3n) is 7.93. The summed E-state index contributed by atoms with van der Waals surface area (Å²) >= 11 is 0. The normalized spacial score (nSPS) is 19.7. The topological polar surface area (TPSA) is 99.4 Å². The second-order valence-corrected chi connectivity index (χ2v) is 11.2. The summed E-state index contributed by atoms with van der Waals surface area (Å²) < 4.78 is 55.1. The van der Waals surface area contributed by atoms with Crippen molar-refractivity contribution in [2.45, 2.75) is 102 Å². The number of esters is 1. The Balaban J connectivity index is 1.53. The average Bonchev–Trinajstić information content (AvgIpc) is 3.59. The summed E-state index contributed by atoms with van der Waals surface area (Å²) in [6.07, 6.45) is 1.40. The molecular formula is C29H38F3N5O4. The summed E-state index contributed by atoms with van der Waals surface area (Å²) in [5.74, 6) is 0.887. The Kier molecular flexibility index (Phi) is 9.73. The van der Waals surface area contributed by atoms with Crippen LogP contribution in [-0.4, -0.2) is 62.1 Å². The molecule has 2 heterocycles. The molecule has 12 heteroatoms. The number of rotatable bonds is 10. The van der Waals surface area contributed by atoms with Crippen molar-refractivity contribution >= 4 is 11.9 Å². The maximum absolute atomic E-state index is 14.2. The lowest BCUT2D eigenvalue weighted by Crippen LogP contribution is -2.32. The molecule has 2 fully saturated rings. The van der Waals surface area contributed by atoms with Gasteiger partial charge in [0, 0.05) is 26.6 Å². The van der Waals surface area contributed by atoms with Crippen LogP contribution in [0.3, 0.4) is 0 Å². The fourth-order valence-electron chi connectivity index (χ4n) is 5.75. The van der Waals surface area contributed by atoms with Gasteiger partial charge in [0.1, 0.15) is 11.6 Å². The molecule has 2 atom stereocenters. The number of aryl methyl sites for hydroxylation is 1. The Labute approximate surface area is 238 Å². The number of alkyl halides is 3. The SMILES string of the molecule is CC(C)OC(=O)[C@H]1CCC[C@H](Oc2ccc(-c3nnn(C)c3CCC(=C=O)N(C)C3CCCC3)nc2C(F)(F)F)C1. The highest BCUT2D eigenvalue weighted by Crippen LogP contribution is 2.39. The molecule has 41 heavy (non-hydrogen) atoms. The van der Waals surface area contributed by atoms with Crippen LogP contribution in [0, 0.1) is 5.92 Å². The Bertz CT molecular complexity index is 1270. The van der Waals surface area contributed by atoms with Gasteiger partial charge in [0.2, 0.25) is 0 Å². The van der Waals surface area contributed by atoms with Gasteiger partial charge in [-0.25, -0.2) is 9.78 Å². The van der Waals surface area contributed by atoms with Crippen LogP contribution >= 0.6 is 0 Å². The Hall–Kier alpha value is -3.40. The van der Waals surface area contributed by atoms with Crippen LogP contribution in [0.2, 0.25) is 0 Å². The lowest BCUT2D eigenvalue weighted by Gasteiger charge is -2.29. The van der Waals surface area contributed by atoms with Crippen LogP contribution in [0.25, 0.3) is 11.4 Å². The molecule has 2 saturated carbocycles. The van der Waals surface area contributed by atoms with E-state index in [1.54, 1.807) is 20.9 Å². The van der Waals surface area contributed by atoms with Crippen LogP contribution in [-0.2, 0) is 34.0 Å². The van der Waals surface area contributed by atoms with Gasteiger partial charge in [-0.2, -0.15) is 13.2 Å². The lowest BCUT2D eigenvalue weighted by molar-refractivity contribution is -0.155. The van der Waals surface area contributed by atoms with Gasteiger partial charge < -0.3 is 14.4 Å². The maximum Gasteiger partial charge on any atom is 0.437 e. The summed E-state index contributed by atoms with van der Waals surface area (Å²) in [5.41, 5.74) is 0.140. The fourth-order valence-corrected chi connectivity index (χ4v) is 5.75. The fraction of sp³-hybridized carbons (Fsp3) is 0.655. The van der Waals surface area contributed by atoms with Crippen LogP contribution in [0.5, 0.6) is 5.75 Å². The van der Waals surface area contributed by atoms with Crippen LogP contribution in [0.15, 0.2) is 17.8 Å². The van der Waals surface area contributed by atoms with E-state index in [0.717, 1.165) is 25.7 Å². The second kappa shape index (κ2) is 13.1. The van der Waals surface area contributed by atoms with Crippen molar-refractivity contribution in [3.8, 4) is 17.1 Å². The quantitative estimate of drug-likeness (QED) is 0.277. The number of carbonyl (C=O) groups is 1. The van der Waals surface area contributed by atoms with Gasteiger partial charge in [-0.15, -0.1) is 5.10 Å². The molecule has 0 amide bonds. The van der Waals surface area contributed by atoms with Crippen LogP contribution in [0.1, 0.15) is 83.0 Å². The monoisotopic (exact) mass is 577 g/mol. The zero-order valence-corrected chi connectivity index (χ0v) is 24.0. The number of halogens is 3. The summed E-state index contributed by atoms with van der Waals surface area (Å²) in [6.45, 7) is 3.51. The molecule has 0 bridgehead atoms. The summed E-state index contributed by atoms with van der Waals surface area (Å²) in [4.78, 5) is 30.0. The molecule has 224 valence electrons. The Morgan fingerprint density at radius 3 is 2.56 bits per heavy atom. The van der Waals surface area contributed by atoms with Crippen molar-refractivity contribution < 1.29 is 32.2 Å². The largest absolute Gasteiger partial charge is 0.488 e. The number of carbonyl (C=O) groups excluding carboxylic acids is 2. The minimum Gasteiger partial charge on any atom is -0.488 e. The van der Waals surface area contributed by atoms with Gasteiger partial charge in [-0.1, -0.05) is 18.1 Å². The molecule has 0 saturated heterocycles. The van der Waals surface area contributed by atoms with Gasteiger partial charge >= 0.3 is 12.1 Å². The molecular weight excluding hydrogens is 539 g/mol. The number of allylic oxidation sites excluding steroid dienone is 1. The first-order chi connectivity index (χ1) is 19.5. The molecule has 0 unspecified atom stereocenters. The number of hydrogen-bond donors (Lipinski definition) is 0.